The van der Waals surface area contributed by atoms with Gasteiger partial charge in [0.1, 0.15) is 17.4 Å². The fraction of sp³-hybridized carbons (Fsp3) is 0.316. The van der Waals surface area contributed by atoms with Gasteiger partial charge in [-0.25, -0.2) is 0 Å². The van der Waals surface area contributed by atoms with Crippen LogP contribution in [0.15, 0.2) is 47.0 Å². The lowest BCUT2D eigenvalue weighted by atomic mass is 10.1. The van der Waals surface area contributed by atoms with Crippen LogP contribution in [0.4, 0.5) is 0 Å². The molecule has 1 amide bonds. The van der Waals surface area contributed by atoms with Crippen molar-refractivity contribution in [1.82, 2.24) is 15.1 Å². The third kappa shape index (κ3) is 3.33. The quantitative estimate of drug-likeness (QED) is 0.718. The van der Waals surface area contributed by atoms with Crippen LogP contribution in [0.2, 0.25) is 0 Å². The number of fused-ring (bicyclic) bond motifs is 1. The van der Waals surface area contributed by atoms with Crippen molar-refractivity contribution < 1.29 is 18.7 Å². The van der Waals surface area contributed by atoms with E-state index in [4.69, 9.17) is 13.9 Å². The van der Waals surface area contributed by atoms with E-state index in [-0.39, 0.29) is 12.0 Å². The maximum absolute atomic E-state index is 12.8. The zero-order chi connectivity index (χ0) is 17.9. The van der Waals surface area contributed by atoms with Crippen LogP contribution in [0.25, 0.3) is 11.0 Å². The number of aromatic nitrogens is 2. The second kappa shape index (κ2) is 7.03. The molecule has 1 saturated heterocycles. The highest BCUT2D eigenvalue weighted by Crippen LogP contribution is 2.26. The third-order valence-electron chi connectivity index (χ3n) is 4.43. The standard InChI is InChI=1S/C19H19N3O4/c1-24-14-6-7-16-13(10-14)11-17(26-16)19(23)22-9-3-4-15(12-22)25-18-5-2-8-20-21-18/h2,5-8,10-11,15H,3-4,9,12H2,1H3. The normalized spacial score (nSPS) is 17.3. The topological polar surface area (TPSA) is 77.7 Å². The minimum atomic E-state index is -0.132. The highest BCUT2D eigenvalue weighted by atomic mass is 16.5. The molecule has 0 saturated carbocycles. The van der Waals surface area contributed by atoms with Gasteiger partial charge in [0.15, 0.2) is 5.76 Å². The fourth-order valence-electron chi connectivity index (χ4n) is 3.15. The highest BCUT2D eigenvalue weighted by molar-refractivity contribution is 5.96. The Morgan fingerprint density at radius 2 is 2.23 bits per heavy atom. The third-order valence-corrected chi connectivity index (χ3v) is 4.43. The van der Waals surface area contributed by atoms with E-state index in [0.29, 0.717) is 30.3 Å². The van der Waals surface area contributed by atoms with Crippen LogP contribution in [-0.4, -0.2) is 47.3 Å². The van der Waals surface area contributed by atoms with Gasteiger partial charge in [0.05, 0.1) is 13.7 Å². The number of nitrogens with zero attached hydrogens (tertiary/aromatic N) is 3. The molecular formula is C19H19N3O4. The summed E-state index contributed by atoms with van der Waals surface area (Å²) >= 11 is 0. The molecule has 0 spiro atoms. The summed E-state index contributed by atoms with van der Waals surface area (Å²) in [6, 6.07) is 10.8. The van der Waals surface area contributed by atoms with Gasteiger partial charge in [-0.2, -0.15) is 5.10 Å². The number of ether oxygens (including phenoxy) is 2. The summed E-state index contributed by atoms with van der Waals surface area (Å²) in [6.07, 6.45) is 3.23. The van der Waals surface area contributed by atoms with Crippen molar-refractivity contribution in [3.63, 3.8) is 0 Å². The molecule has 0 N–H and O–H groups in total. The van der Waals surface area contributed by atoms with Gasteiger partial charge in [-0.3, -0.25) is 4.79 Å². The highest BCUT2D eigenvalue weighted by Gasteiger charge is 2.28. The van der Waals surface area contributed by atoms with Crippen LogP contribution in [0.5, 0.6) is 11.6 Å². The molecule has 1 fully saturated rings. The van der Waals surface area contributed by atoms with Gasteiger partial charge in [0.2, 0.25) is 5.88 Å². The van der Waals surface area contributed by atoms with Gasteiger partial charge in [-0.15, -0.1) is 5.10 Å². The summed E-state index contributed by atoms with van der Waals surface area (Å²) in [6.45, 7) is 1.18. The number of likely N-dealkylation sites (tertiary alicyclic amines) is 1. The molecule has 4 rings (SSSR count). The van der Waals surface area contributed by atoms with Gasteiger partial charge in [0, 0.05) is 24.2 Å². The number of carbonyl (C=O) groups is 1. The Bertz CT molecular complexity index is 910. The van der Waals surface area contributed by atoms with E-state index < -0.39 is 0 Å². The lowest BCUT2D eigenvalue weighted by molar-refractivity contribution is 0.0500. The first-order chi connectivity index (χ1) is 12.7. The SMILES string of the molecule is COc1ccc2oc(C(=O)N3CCCC(Oc4cccnn4)C3)cc2c1. The molecule has 3 heterocycles. The zero-order valence-electron chi connectivity index (χ0n) is 14.4. The molecule has 1 aliphatic rings. The van der Waals surface area contributed by atoms with Crippen molar-refractivity contribution in [2.45, 2.75) is 18.9 Å². The number of benzene rings is 1. The number of methoxy groups -OCH3 is 1. The first kappa shape index (κ1) is 16.4. The van der Waals surface area contributed by atoms with Crippen molar-refractivity contribution in [1.29, 1.82) is 0 Å². The van der Waals surface area contributed by atoms with E-state index >= 15 is 0 Å². The summed E-state index contributed by atoms with van der Waals surface area (Å²) in [5.74, 6) is 1.40. The van der Waals surface area contributed by atoms with Crippen molar-refractivity contribution in [3.8, 4) is 11.6 Å². The van der Waals surface area contributed by atoms with Crippen LogP contribution < -0.4 is 9.47 Å². The zero-order valence-corrected chi connectivity index (χ0v) is 14.4. The molecule has 1 aromatic carbocycles. The molecule has 2 aromatic heterocycles. The molecular weight excluding hydrogens is 334 g/mol. The Morgan fingerprint density at radius 1 is 1.31 bits per heavy atom. The van der Waals surface area contributed by atoms with Gasteiger partial charge < -0.3 is 18.8 Å². The average Bonchev–Trinajstić information content (AvgIpc) is 3.11. The summed E-state index contributed by atoms with van der Waals surface area (Å²) in [7, 11) is 1.61. The van der Waals surface area contributed by atoms with Crippen molar-refractivity contribution >= 4 is 16.9 Å². The molecule has 134 valence electrons. The maximum Gasteiger partial charge on any atom is 0.289 e. The molecule has 0 aliphatic carbocycles. The van der Waals surface area contributed by atoms with E-state index in [1.165, 1.54) is 0 Å². The molecule has 1 atom stereocenters. The average molecular weight is 353 g/mol. The molecule has 1 aliphatic heterocycles. The number of amides is 1. The van der Waals surface area contributed by atoms with E-state index in [0.717, 1.165) is 24.0 Å². The molecule has 26 heavy (non-hydrogen) atoms. The van der Waals surface area contributed by atoms with Crippen molar-refractivity contribution in [2.75, 3.05) is 20.2 Å². The van der Waals surface area contributed by atoms with Gasteiger partial charge in [-0.05, 0) is 43.2 Å². The summed E-state index contributed by atoms with van der Waals surface area (Å²) in [4.78, 5) is 14.6. The number of piperidine rings is 1. The summed E-state index contributed by atoms with van der Waals surface area (Å²) in [5.41, 5.74) is 0.665. The predicted octanol–water partition coefficient (Wildman–Crippen LogP) is 2.92. The molecule has 7 nitrogen and oxygen atoms in total. The number of carbonyl (C=O) groups excluding carboxylic acids is 1. The van der Waals surface area contributed by atoms with Crippen LogP contribution in [0.3, 0.4) is 0 Å². The Morgan fingerprint density at radius 3 is 3.04 bits per heavy atom. The maximum atomic E-state index is 12.8. The number of hydrogen-bond donors (Lipinski definition) is 0. The molecule has 1 unspecified atom stereocenters. The second-order valence-electron chi connectivity index (χ2n) is 6.21. The van der Waals surface area contributed by atoms with Crippen LogP contribution >= 0.6 is 0 Å². The lowest BCUT2D eigenvalue weighted by Gasteiger charge is -2.31. The number of furan rings is 1. The molecule has 7 heteroatoms. The number of rotatable bonds is 4. The van der Waals surface area contributed by atoms with Crippen molar-refractivity contribution in [3.05, 3.63) is 48.4 Å². The van der Waals surface area contributed by atoms with Crippen molar-refractivity contribution in [2.24, 2.45) is 0 Å². The molecule has 0 bridgehead atoms. The van der Waals surface area contributed by atoms with Gasteiger partial charge >= 0.3 is 0 Å². The Kier molecular flexibility index (Phi) is 4.43. The molecule has 0 radical (unpaired) electrons. The smallest absolute Gasteiger partial charge is 0.289 e. The minimum absolute atomic E-state index is 0.103. The Hall–Kier alpha value is -3.09. The van der Waals surface area contributed by atoms with Crippen LogP contribution in [-0.2, 0) is 0 Å². The molecule has 3 aromatic rings. The Labute approximate surface area is 150 Å². The van der Waals surface area contributed by atoms with E-state index in [2.05, 4.69) is 10.2 Å². The van der Waals surface area contributed by atoms with Gasteiger partial charge in [-0.1, -0.05) is 0 Å². The van der Waals surface area contributed by atoms with E-state index in [9.17, 15) is 4.79 Å². The largest absolute Gasteiger partial charge is 0.497 e. The number of hydrogen-bond acceptors (Lipinski definition) is 6. The predicted molar refractivity (Wildman–Crippen MR) is 94.4 cm³/mol. The first-order valence-electron chi connectivity index (χ1n) is 8.54. The first-order valence-corrected chi connectivity index (χ1v) is 8.54. The summed E-state index contributed by atoms with van der Waals surface area (Å²) in [5, 5.41) is 8.59. The van der Waals surface area contributed by atoms with Crippen LogP contribution in [0, 0.1) is 0 Å². The Balaban J connectivity index is 1.48. The summed E-state index contributed by atoms with van der Waals surface area (Å²) < 4.78 is 16.8. The second-order valence-corrected chi connectivity index (χ2v) is 6.21. The van der Waals surface area contributed by atoms with E-state index in [1.54, 1.807) is 42.5 Å². The minimum Gasteiger partial charge on any atom is -0.497 e. The monoisotopic (exact) mass is 353 g/mol. The fourth-order valence-corrected chi connectivity index (χ4v) is 3.15. The van der Waals surface area contributed by atoms with E-state index in [1.807, 2.05) is 12.1 Å². The van der Waals surface area contributed by atoms with Gasteiger partial charge in [0.25, 0.3) is 5.91 Å². The van der Waals surface area contributed by atoms with Crippen LogP contribution in [0.1, 0.15) is 23.4 Å². The lowest BCUT2D eigenvalue weighted by Crippen LogP contribution is -2.44.